The molecule has 6 nitrogen and oxygen atoms in total. The van der Waals surface area contributed by atoms with Crippen molar-refractivity contribution in [3.8, 4) is 5.69 Å². The monoisotopic (exact) mass is 346 g/mol. The molecule has 2 aromatic rings. The molecule has 1 aromatic heterocycles. The van der Waals surface area contributed by atoms with Crippen LogP contribution in [0.1, 0.15) is 24.2 Å². The summed E-state index contributed by atoms with van der Waals surface area (Å²) in [5.74, 6) is 1.12. The first-order valence-corrected chi connectivity index (χ1v) is 9.12. The molecule has 1 aliphatic rings. The van der Waals surface area contributed by atoms with Crippen LogP contribution in [0.2, 0.25) is 0 Å². The SMILES string of the molecule is Cc1ccc(-n2c(C)nnc2SCC(=O)NCC2CCCO2)cc1. The molecule has 128 valence electrons. The van der Waals surface area contributed by atoms with Crippen LogP contribution in [0.15, 0.2) is 29.4 Å². The third-order valence-corrected chi connectivity index (χ3v) is 4.90. The van der Waals surface area contributed by atoms with Crippen molar-refractivity contribution in [2.24, 2.45) is 0 Å². The van der Waals surface area contributed by atoms with E-state index < -0.39 is 0 Å². The van der Waals surface area contributed by atoms with Gasteiger partial charge in [0.1, 0.15) is 5.82 Å². The number of carbonyl (C=O) groups excluding carboxylic acids is 1. The third kappa shape index (κ3) is 4.15. The van der Waals surface area contributed by atoms with E-state index in [0.717, 1.165) is 36.1 Å². The zero-order valence-electron chi connectivity index (χ0n) is 14.0. The average molecular weight is 346 g/mol. The first-order valence-electron chi connectivity index (χ1n) is 8.13. The second-order valence-corrected chi connectivity index (χ2v) is 6.87. The second kappa shape index (κ2) is 7.81. The van der Waals surface area contributed by atoms with Gasteiger partial charge in [-0.25, -0.2) is 0 Å². The van der Waals surface area contributed by atoms with Crippen LogP contribution < -0.4 is 5.32 Å². The van der Waals surface area contributed by atoms with Gasteiger partial charge in [0, 0.05) is 18.8 Å². The highest BCUT2D eigenvalue weighted by Gasteiger charge is 2.17. The number of hydrogen-bond acceptors (Lipinski definition) is 5. The molecule has 1 amide bonds. The number of ether oxygens (including phenoxy) is 1. The molecule has 7 heteroatoms. The number of aryl methyl sites for hydroxylation is 2. The average Bonchev–Trinajstić information content (AvgIpc) is 3.22. The summed E-state index contributed by atoms with van der Waals surface area (Å²) in [6, 6.07) is 8.18. The van der Waals surface area contributed by atoms with Crippen LogP contribution in [0.4, 0.5) is 0 Å². The van der Waals surface area contributed by atoms with E-state index in [4.69, 9.17) is 4.74 Å². The van der Waals surface area contributed by atoms with Gasteiger partial charge in [-0.2, -0.15) is 0 Å². The maximum atomic E-state index is 12.0. The maximum Gasteiger partial charge on any atom is 0.230 e. The molecule has 0 bridgehead atoms. The molecule has 1 atom stereocenters. The van der Waals surface area contributed by atoms with E-state index >= 15 is 0 Å². The summed E-state index contributed by atoms with van der Waals surface area (Å²) in [7, 11) is 0. The van der Waals surface area contributed by atoms with E-state index in [1.807, 2.05) is 23.6 Å². The zero-order valence-corrected chi connectivity index (χ0v) is 14.8. The van der Waals surface area contributed by atoms with Gasteiger partial charge in [-0.1, -0.05) is 29.5 Å². The van der Waals surface area contributed by atoms with Crippen molar-refractivity contribution in [1.29, 1.82) is 0 Å². The summed E-state index contributed by atoms with van der Waals surface area (Å²) in [6.45, 7) is 5.35. The predicted molar refractivity (Wildman–Crippen MR) is 93.5 cm³/mol. The molecule has 1 aliphatic heterocycles. The largest absolute Gasteiger partial charge is 0.376 e. The van der Waals surface area contributed by atoms with Crippen molar-refractivity contribution >= 4 is 17.7 Å². The lowest BCUT2D eigenvalue weighted by atomic mass is 10.2. The fourth-order valence-corrected chi connectivity index (χ4v) is 3.47. The molecule has 0 aliphatic carbocycles. The molecular weight excluding hydrogens is 324 g/mol. The van der Waals surface area contributed by atoms with Gasteiger partial charge in [-0.3, -0.25) is 9.36 Å². The van der Waals surface area contributed by atoms with E-state index in [2.05, 4.69) is 34.6 Å². The topological polar surface area (TPSA) is 69.0 Å². The lowest BCUT2D eigenvalue weighted by Crippen LogP contribution is -2.32. The Balaban J connectivity index is 1.59. The van der Waals surface area contributed by atoms with Crippen LogP contribution in [0.3, 0.4) is 0 Å². The number of carbonyl (C=O) groups is 1. The van der Waals surface area contributed by atoms with E-state index in [1.165, 1.54) is 17.3 Å². The van der Waals surface area contributed by atoms with Crippen molar-refractivity contribution in [2.75, 3.05) is 18.9 Å². The fraction of sp³-hybridized carbons (Fsp3) is 0.471. The van der Waals surface area contributed by atoms with Gasteiger partial charge >= 0.3 is 0 Å². The van der Waals surface area contributed by atoms with Crippen LogP contribution in [-0.4, -0.2) is 45.7 Å². The second-order valence-electron chi connectivity index (χ2n) is 5.93. The smallest absolute Gasteiger partial charge is 0.230 e. The molecule has 0 saturated carbocycles. The van der Waals surface area contributed by atoms with Crippen molar-refractivity contribution in [3.05, 3.63) is 35.7 Å². The molecule has 1 saturated heterocycles. The van der Waals surface area contributed by atoms with Gasteiger partial charge in [-0.15, -0.1) is 10.2 Å². The minimum absolute atomic E-state index is 0.00777. The number of aromatic nitrogens is 3. The predicted octanol–water partition coefficient (Wildman–Crippen LogP) is 2.27. The summed E-state index contributed by atoms with van der Waals surface area (Å²) in [6.07, 6.45) is 2.26. The minimum atomic E-state index is -0.00777. The van der Waals surface area contributed by atoms with E-state index in [-0.39, 0.29) is 12.0 Å². The Morgan fingerprint density at radius 2 is 2.12 bits per heavy atom. The van der Waals surface area contributed by atoms with Crippen LogP contribution in [0.25, 0.3) is 5.69 Å². The molecule has 24 heavy (non-hydrogen) atoms. The van der Waals surface area contributed by atoms with Crippen LogP contribution >= 0.6 is 11.8 Å². The van der Waals surface area contributed by atoms with Crippen molar-refractivity contribution in [2.45, 2.75) is 37.9 Å². The van der Waals surface area contributed by atoms with Gasteiger partial charge in [0.05, 0.1) is 11.9 Å². The summed E-state index contributed by atoms with van der Waals surface area (Å²) in [5.41, 5.74) is 2.21. The molecule has 0 radical (unpaired) electrons. The molecule has 2 heterocycles. The van der Waals surface area contributed by atoms with Crippen molar-refractivity contribution in [3.63, 3.8) is 0 Å². The lowest BCUT2D eigenvalue weighted by molar-refractivity contribution is -0.119. The lowest BCUT2D eigenvalue weighted by Gasteiger charge is -2.11. The number of hydrogen-bond donors (Lipinski definition) is 1. The Labute approximate surface area is 146 Å². The normalized spacial score (nSPS) is 17.2. The summed E-state index contributed by atoms with van der Waals surface area (Å²) >= 11 is 1.39. The van der Waals surface area contributed by atoms with Crippen LogP contribution in [0, 0.1) is 13.8 Å². The Morgan fingerprint density at radius 1 is 1.33 bits per heavy atom. The molecule has 0 spiro atoms. The highest BCUT2D eigenvalue weighted by atomic mass is 32.2. The van der Waals surface area contributed by atoms with E-state index in [1.54, 1.807) is 0 Å². The molecule has 1 aromatic carbocycles. The zero-order chi connectivity index (χ0) is 16.9. The van der Waals surface area contributed by atoms with Gasteiger partial charge in [0.2, 0.25) is 5.91 Å². The maximum absolute atomic E-state index is 12.0. The summed E-state index contributed by atoms with van der Waals surface area (Å²) < 4.78 is 7.48. The molecule has 1 N–H and O–H groups in total. The standard InChI is InChI=1S/C17H22N4O2S/c1-12-5-7-14(8-6-12)21-13(2)19-20-17(21)24-11-16(22)18-10-15-4-3-9-23-15/h5-8,15H,3-4,9-11H2,1-2H3,(H,18,22). The van der Waals surface area contributed by atoms with Crippen LogP contribution in [0.5, 0.6) is 0 Å². The molecule has 1 fully saturated rings. The molecule has 3 rings (SSSR count). The number of amides is 1. The highest BCUT2D eigenvalue weighted by Crippen LogP contribution is 2.22. The van der Waals surface area contributed by atoms with E-state index in [9.17, 15) is 4.79 Å². The first-order chi connectivity index (χ1) is 11.6. The number of rotatable bonds is 6. The number of nitrogens with zero attached hydrogens (tertiary/aromatic N) is 3. The van der Waals surface area contributed by atoms with Gasteiger partial charge < -0.3 is 10.1 Å². The summed E-state index contributed by atoms with van der Waals surface area (Å²) in [5, 5.41) is 12.0. The van der Waals surface area contributed by atoms with Gasteiger partial charge in [0.15, 0.2) is 5.16 Å². The quantitative estimate of drug-likeness (QED) is 0.813. The van der Waals surface area contributed by atoms with Crippen molar-refractivity contribution < 1.29 is 9.53 Å². The van der Waals surface area contributed by atoms with Gasteiger partial charge in [0.25, 0.3) is 0 Å². The minimum Gasteiger partial charge on any atom is -0.376 e. The summed E-state index contributed by atoms with van der Waals surface area (Å²) in [4.78, 5) is 12.0. The number of benzene rings is 1. The van der Waals surface area contributed by atoms with Gasteiger partial charge in [-0.05, 0) is 38.8 Å². The molecule has 1 unspecified atom stereocenters. The Morgan fingerprint density at radius 3 is 2.83 bits per heavy atom. The van der Waals surface area contributed by atoms with Crippen LogP contribution in [-0.2, 0) is 9.53 Å². The Hall–Kier alpha value is -1.86. The molecular formula is C17H22N4O2S. The third-order valence-electron chi connectivity index (χ3n) is 3.97. The van der Waals surface area contributed by atoms with Crippen molar-refractivity contribution in [1.82, 2.24) is 20.1 Å². The Bertz CT molecular complexity index is 693. The Kier molecular flexibility index (Phi) is 5.52. The van der Waals surface area contributed by atoms with E-state index in [0.29, 0.717) is 12.3 Å². The number of nitrogens with one attached hydrogen (secondary N) is 1. The fourth-order valence-electron chi connectivity index (χ4n) is 2.64. The highest BCUT2D eigenvalue weighted by molar-refractivity contribution is 7.99. The number of thioether (sulfide) groups is 1. The first kappa shape index (κ1) is 17.0.